The van der Waals surface area contributed by atoms with Gasteiger partial charge in [-0.1, -0.05) is 24.3 Å². The van der Waals surface area contributed by atoms with Gasteiger partial charge in [-0.25, -0.2) is 14.3 Å². The Labute approximate surface area is 156 Å². The van der Waals surface area contributed by atoms with E-state index in [1.807, 2.05) is 0 Å². The Morgan fingerprint density at radius 3 is 2.44 bits per heavy atom. The number of carboxylic acids is 1. The normalized spacial score (nSPS) is 11.6. The molecule has 1 heterocycles. The molecule has 144 valence electrons. The number of carbonyl (C=O) groups excluding carboxylic acids is 1. The molecule has 0 bridgehead atoms. The van der Waals surface area contributed by atoms with Gasteiger partial charge < -0.3 is 20.1 Å². The van der Waals surface area contributed by atoms with E-state index in [0.29, 0.717) is 22.4 Å². The minimum Gasteiger partial charge on any atom is -0.494 e. The molecule has 9 nitrogen and oxygen atoms in total. The maximum absolute atomic E-state index is 12.4. The number of rotatable bonds is 6. The van der Waals surface area contributed by atoms with Gasteiger partial charge in [0, 0.05) is 27.6 Å². The number of aliphatic carboxylic acids is 1. The van der Waals surface area contributed by atoms with Crippen molar-refractivity contribution in [3.8, 4) is 16.9 Å². The number of nitrogens with one attached hydrogen (secondary N) is 1. The number of hydrogen-bond acceptors (Lipinski definition) is 5. The molecular weight excluding hydrogens is 352 g/mol. The average molecular weight is 374 g/mol. The summed E-state index contributed by atoms with van der Waals surface area (Å²) in [4.78, 5) is 36.8. The minimum absolute atomic E-state index is 0.112. The van der Waals surface area contributed by atoms with Gasteiger partial charge in [0.25, 0.3) is 5.56 Å². The van der Waals surface area contributed by atoms with Crippen molar-refractivity contribution in [3.05, 3.63) is 46.4 Å². The zero-order valence-corrected chi connectivity index (χ0v) is 15.6. The molecule has 1 atom stereocenters. The SMILES string of the molecule is COc1cnn(C)c(=O)c1-c1ccc(C[C@H](NC(=O)N(C)C)C(=O)O)cc1. The van der Waals surface area contributed by atoms with Crippen LogP contribution in [0.15, 0.2) is 35.3 Å². The molecule has 27 heavy (non-hydrogen) atoms. The highest BCUT2D eigenvalue weighted by molar-refractivity contribution is 5.82. The summed E-state index contributed by atoms with van der Waals surface area (Å²) in [5.74, 6) is -0.772. The van der Waals surface area contributed by atoms with Crippen molar-refractivity contribution in [2.24, 2.45) is 7.05 Å². The maximum Gasteiger partial charge on any atom is 0.326 e. The summed E-state index contributed by atoms with van der Waals surface area (Å²) in [5, 5.41) is 15.7. The van der Waals surface area contributed by atoms with Gasteiger partial charge in [-0.2, -0.15) is 5.10 Å². The summed E-state index contributed by atoms with van der Waals surface area (Å²) in [7, 11) is 6.07. The predicted octanol–water partition coefficient (Wildman–Crippen LogP) is 0.723. The Balaban J connectivity index is 2.27. The molecular formula is C18H22N4O5. The summed E-state index contributed by atoms with van der Waals surface area (Å²) >= 11 is 0. The Hall–Kier alpha value is -3.36. The first-order valence-electron chi connectivity index (χ1n) is 8.14. The van der Waals surface area contributed by atoms with Crippen molar-refractivity contribution < 1.29 is 19.4 Å². The average Bonchev–Trinajstić information content (AvgIpc) is 2.63. The van der Waals surface area contributed by atoms with E-state index in [-0.39, 0.29) is 12.0 Å². The fourth-order valence-corrected chi connectivity index (χ4v) is 2.47. The molecule has 9 heteroatoms. The molecule has 2 N–H and O–H groups in total. The number of carboxylic acid groups (broad SMARTS) is 1. The van der Waals surface area contributed by atoms with Crippen molar-refractivity contribution in [1.29, 1.82) is 0 Å². The van der Waals surface area contributed by atoms with Gasteiger partial charge in [-0.15, -0.1) is 0 Å². The Morgan fingerprint density at radius 1 is 1.30 bits per heavy atom. The number of methoxy groups -OCH3 is 1. The summed E-state index contributed by atoms with van der Waals surface area (Å²) in [5.41, 5.74) is 1.40. The number of ether oxygens (including phenoxy) is 1. The summed E-state index contributed by atoms with van der Waals surface area (Å²) in [6, 6.07) is 5.31. The van der Waals surface area contributed by atoms with Crippen molar-refractivity contribution in [2.45, 2.75) is 12.5 Å². The van der Waals surface area contributed by atoms with Crippen LogP contribution >= 0.6 is 0 Å². The summed E-state index contributed by atoms with van der Waals surface area (Å²) in [6.45, 7) is 0. The zero-order chi connectivity index (χ0) is 20.1. The minimum atomic E-state index is -1.13. The van der Waals surface area contributed by atoms with Crippen LogP contribution in [0.1, 0.15) is 5.56 Å². The number of amides is 2. The standard InChI is InChI=1S/C18H22N4O5/c1-21(2)18(26)20-13(17(24)25)9-11-5-7-12(8-6-11)15-14(27-4)10-19-22(3)16(15)23/h5-8,10,13H,9H2,1-4H3,(H,20,26)(H,24,25)/t13-/m0/s1. The van der Waals surface area contributed by atoms with Gasteiger partial charge in [0.1, 0.15) is 6.04 Å². The molecule has 2 aromatic rings. The van der Waals surface area contributed by atoms with E-state index in [1.54, 1.807) is 31.3 Å². The fourth-order valence-electron chi connectivity index (χ4n) is 2.47. The topological polar surface area (TPSA) is 114 Å². The molecule has 2 rings (SSSR count). The molecule has 0 aliphatic carbocycles. The Kier molecular flexibility index (Phi) is 6.17. The second kappa shape index (κ2) is 8.35. The van der Waals surface area contributed by atoms with Gasteiger partial charge in [-0.3, -0.25) is 4.79 Å². The smallest absolute Gasteiger partial charge is 0.326 e. The van der Waals surface area contributed by atoms with E-state index in [0.717, 1.165) is 0 Å². The quantitative estimate of drug-likeness (QED) is 0.770. The number of hydrogen-bond donors (Lipinski definition) is 2. The Morgan fingerprint density at radius 2 is 1.93 bits per heavy atom. The number of nitrogens with zero attached hydrogens (tertiary/aromatic N) is 3. The summed E-state index contributed by atoms with van der Waals surface area (Å²) < 4.78 is 6.43. The molecule has 0 unspecified atom stereocenters. The van der Waals surface area contributed by atoms with Crippen LogP contribution in [0.25, 0.3) is 11.1 Å². The maximum atomic E-state index is 12.4. The second-order valence-electron chi connectivity index (χ2n) is 6.15. The molecule has 0 fully saturated rings. The molecule has 0 saturated heterocycles. The molecule has 0 aliphatic heterocycles. The number of aryl methyl sites for hydroxylation is 1. The first kappa shape index (κ1) is 20.0. The lowest BCUT2D eigenvalue weighted by molar-refractivity contribution is -0.139. The van der Waals surface area contributed by atoms with Crippen LogP contribution in [-0.2, 0) is 18.3 Å². The second-order valence-corrected chi connectivity index (χ2v) is 6.15. The first-order chi connectivity index (χ1) is 12.7. The molecule has 0 radical (unpaired) electrons. The molecule has 1 aromatic carbocycles. The van der Waals surface area contributed by atoms with E-state index in [2.05, 4.69) is 10.4 Å². The summed E-state index contributed by atoms with van der Waals surface area (Å²) in [6.07, 6.45) is 1.57. The van der Waals surface area contributed by atoms with E-state index in [1.165, 1.54) is 37.0 Å². The molecule has 1 aromatic heterocycles. The third kappa shape index (κ3) is 4.63. The lowest BCUT2D eigenvalue weighted by Crippen LogP contribution is -2.46. The van der Waals surface area contributed by atoms with Crippen molar-refractivity contribution in [1.82, 2.24) is 20.0 Å². The van der Waals surface area contributed by atoms with Crippen LogP contribution in [-0.4, -0.2) is 59.0 Å². The number of carbonyl (C=O) groups is 2. The van der Waals surface area contributed by atoms with Crippen molar-refractivity contribution in [2.75, 3.05) is 21.2 Å². The van der Waals surface area contributed by atoms with Gasteiger partial charge >= 0.3 is 12.0 Å². The van der Waals surface area contributed by atoms with E-state index < -0.39 is 18.0 Å². The van der Waals surface area contributed by atoms with Crippen molar-refractivity contribution in [3.63, 3.8) is 0 Å². The zero-order valence-electron chi connectivity index (χ0n) is 15.6. The van der Waals surface area contributed by atoms with Crippen molar-refractivity contribution >= 4 is 12.0 Å². The molecule has 0 aliphatic rings. The van der Waals surface area contributed by atoms with Crippen LogP contribution in [0, 0.1) is 0 Å². The number of urea groups is 1. The van der Waals surface area contributed by atoms with Crippen LogP contribution in [0.4, 0.5) is 4.79 Å². The molecule has 0 spiro atoms. The third-order valence-corrected chi connectivity index (χ3v) is 4.01. The number of aromatic nitrogens is 2. The van der Waals surface area contributed by atoms with Crippen LogP contribution in [0.2, 0.25) is 0 Å². The number of benzene rings is 1. The highest BCUT2D eigenvalue weighted by atomic mass is 16.5. The third-order valence-electron chi connectivity index (χ3n) is 4.01. The van der Waals surface area contributed by atoms with Crippen LogP contribution in [0.3, 0.4) is 0 Å². The highest BCUT2D eigenvalue weighted by Crippen LogP contribution is 2.25. The lowest BCUT2D eigenvalue weighted by Gasteiger charge is -2.18. The molecule has 0 saturated carbocycles. The van der Waals surface area contributed by atoms with Gasteiger partial charge in [0.2, 0.25) is 0 Å². The van der Waals surface area contributed by atoms with E-state index in [4.69, 9.17) is 4.74 Å². The Bertz CT molecular complexity index is 890. The largest absolute Gasteiger partial charge is 0.494 e. The highest BCUT2D eigenvalue weighted by Gasteiger charge is 2.21. The van der Waals surface area contributed by atoms with Gasteiger partial charge in [0.05, 0.1) is 18.9 Å². The van der Waals surface area contributed by atoms with Gasteiger partial charge in [0.15, 0.2) is 5.75 Å². The van der Waals surface area contributed by atoms with Crippen LogP contribution < -0.4 is 15.6 Å². The fraction of sp³-hybridized carbons (Fsp3) is 0.333. The predicted molar refractivity (Wildman–Crippen MR) is 98.8 cm³/mol. The first-order valence-corrected chi connectivity index (χ1v) is 8.14. The van der Waals surface area contributed by atoms with E-state index in [9.17, 15) is 19.5 Å². The molecule has 2 amide bonds. The van der Waals surface area contributed by atoms with Crippen LogP contribution in [0.5, 0.6) is 5.75 Å². The lowest BCUT2D eigenvalue weighted by atomic mass is 10.0. The van der Waals surface area contributed by atoms with Gasteiger partial charge in [-0.05, 0) is 11.1 Å². The monoisotopic (exact) mass is 374 g/mol. The van der Waals surface area contributed by atoms with E-state index >= 15 is 0 Å².